The Morgan fingerprint density at radius 1 is 1.18 bits per heavy atom. The first kappa shape index (κ1) is 30.2. The minimum absolute atomic E-state index is 0.0136. The molecule has 1 amide bonds. The summed E-state index contributed by atoms with van der Waals surface area (Å²) in [7, 11) is 0. The number of nitrogens with zero attached hydrogens (tertiary/aromatic N) is 7. The summed E-state index contributed by atoms with van der Waals surface area (Å²) in [4.78, 5) is 47.9. The van der Waals surface area contributed by atoms with Crippen LogP contribution < -0.4 is 21.8 Å². The van der Waals surface area contributed by atoms with Gasteiger partial charge in [0.25, 0.3) is 0 Å². The molecule has 2 aliphatic heterocycles. The van der Waals surface area contributed by atoms with E-state index in [0.29, 0.717) is 23.6 Å². The summed E-state index contributed by atoms with van der Waals surface area (Å²) in [6.07, 6.45) is 5.34. The number of carboxylic acids is 1. The fraction of sp³-hybridized carbons (Fsp3) is 0.222. The van der Waals surface area contributed by atoms with Gasteiger partial charge in [0.05, 0.1) is 35.8 Å². The lowest BCUT2D eigenvalue weighted by Crippen LogP contribution is -2.62. The van der Waals surface area contributed by atoms with Gasteiger partial charge in [0.1, 0.15) is 28.5 Å². The fourth-order valence-electron chi connectivity index (χ4n) is 5.46. The first-order valence-electron chi connectivity index (χ1n) is 13.4. The lowest BCUT2D eigenvalue weighted by molar-refractivity contribution is -0.661. The van der Waals surface area contributed by atoms with Crippen molar-refractivity contribution in [3.8, 4) is 0 Å². The smallest absolute Gasteiger partial charge is 0.352 e. The molecule has 1 fully saturated rings. The van der Waals surface area contributed by atoms with E-state index >= 15 is 0 Å². The zero-order valence-corrected chi connectivity index (χ0v) is 25.7. The van der Waals surface area contributed by atoms with E-state index in [0.717, 1.165) is 22.5 Å². The number of halogens is 1. The Balaban J connectivity index is 1.18. The monoisotopic (exact) mass is 669 g/mol. The number of guanidine groups is 1. The molecular weight excluding hydrogens is 644 g/mol. The van der Waals surface area contributed by atoms with Crippen LogP contribution in [-0.4, -0.2) is 69.9 Å². The van der Waals surface area contributed by atoms with Crippen molar-refractivity contribution in [1.82, 2.24) is 19.1 Å². The molecule has 2 atom stereocenters. The molecule has 1 saturated heterocycles. The fourth-order valence-corrected chi connectivity index (χ4v) is 7.79. The number of thioether (sulfide) groups is 1. The quantitative estimate of drug-likeness (QED) is 0.0407. The Morgan fingerprint density at radius 2 is 1.93 bits per heavy atom. The zero-order valence-electron chi connectivity index (χ0n) is 23.3. The van der Waals surface area contributed by atoms with Gasteiger partial charge in [-0.05, 0) is 23.3 Å². The summed E-state index contributed by atoms with van der Waals surface area (Å²) in [5.74, 6) is -2.88. The van der Waals surface area contributed by atoms with Gasteiger partial charge in [0.2, 0.25) is 5.91 Å². The molecule has 0 unspecified atom stereocenters. The van der Waals surface area contributed by atoms with Crippen LogP contribution in [0.3, 0.4) is 0 Å². The van der Waals surface area contributed by atoms with Gasteiger partial charge in [-0.2, -0.15) is 0 Å². The number of Topliss-reactive ketones (excluding diaryl/α,β-unsaturated/α-hetero) is 1. The number of carbonyl (C=O) groups is 3. The van der Waals surface area contributed by atoms with Crippen molar-refractivity contribution in [3.05, 3.63) is 75.8 Å². The number of oxime groups is 1. The second-order valence-electron chi connectivity index (χ2n) is 10.3. The molecule has 6 rings (SSSR count). The van der Waals surface area contributed by atoms with E-state index in [9.17, 15) is 24.7 Å². The van der Waals surface area contributed by atoms with Crippen LogP contribution in [0.25, 0.3) is 5.65 Å². The highest BCUT2D eigenvalue weighted by atomic mass is 35.5. The average molecular weight is 670 g/mol. The Hall–Kier alpha value is -4.87. The van der Waals surface area contributed by atoms with Crippen LogP contribution in [-0.2, 0) is 27.5 Å². The SMILES string of the molecule is NC(N)=Nc1ccc(C[n+]2ccn3c2ccn3CC2=C(C(=O)O)N3C(=O)[C@@H](CC(=O)/C(=N\O)c4nc(N)sc4Cl)[C@H]3SC2)cc1. The molecule has 232 valence electrons. The van der Waals surface area contributed by atoms with Crippen LogP contribution in [0, 0.1) is 5.92 Å². The van der Waals surface area contributed by atoms with Gasteiger partial charge in [0.15, 0.2) is 28.8 Å². The minimum Gasteiger partial charge on any atom is -0.477 e. The molecule has 0 radical (unpaired) electrons. The molecule has 2 aliphatic rings. The summed E-state index contributed by atoms with van der Waals surface area (Å²) in [5, 5.41) is 22.2. The zero-order chi connectivity index (χ0) is 32.0. The number of anilines is 1. The maximum atomic E-state index is 13.2. The number of aliphatic carboxylic acids is 1. The number of nitrogens with two attached hydrogens (primary N) is 3. The predicted octanol–water partition coefficient (Wildman–Crippen LogP) is 1.38. The van der Waals surface area contributed by atoms with Crippen LogP contribution in [0.1, 0.15) is 17.7 Å². The molecule has 1 aromatic carbocycles. The van der Waals surface area contributed by atoms with Gasteiger partial charge in [-0.3, -0.25) is 14.5 Å². The number of β-lactam (4-membered cyclic amide) rings is 1. The first-order valence-corrected chi connectivity index (χ1v) is 15.6. The van der Waals surface area contributed by atoms with Crippen molar-refractivity contribution < 1.29 is 29.3 Å². The maximum absolute atomic E-state index is 13.2. The third kappa shape index (κ3) is 5.60. The van der Waals surface area contributed by atoms with E-state index < -0.39 is 34.7 Å². The Kier molecular flexibility index (Phi) is 7.98. The number of carboxylic acid groups (broad SMARTS) is 1. The maximum Gasteiger partial charge on any atom is 0.352 e. The van der Waals surface area contributed by atoms with Crippen molar-refractivity contribution >= 4 is 80.5 Å². The van der Waals surface area contributed by atoms with Crippen molar-refractivity contribution in [2.75, 3.05) is 11.5 Å². The van der Waals surface area contributed by atoms with Crippen molar-refractivity contribution in [1.29, 1.82) is 0 Å². The lowest BCUT2D eigenvalue weighted by atomic mass is 9.89. The third-order valence-electron chi connectivity index (χ3n) is 7.45. The molecule has 0 spiro atoms. The molecule has 5 heterocycles. The standard InChI is InChI=1S/C27H25ClN10O5S2/c28-22-20(33-27(31)45-22)19(34-43)17(39)9-16-23(40)38-21(25(41)42)14(12-44-24(16)38)11-36-6-5-18-35(7-8-37(18)36)10-13-1-3-15(4-2-13)32-26(29)30/h1-8,16,24H,9-12H2,(H7-,29,30,31,32,33,39,41,42,43)/p+1/t16-,24-/m1/s1. The van der Waals surface area contributed by atoms with Crippen molar-refractivity contribution in [3.63, 3.8) is 0 Å². The van der Waals surface area contributed by atoms with Gasteiger partial charge in [0, 0.05) is 12.2 Å². The number of hydrogen-bond acceptors (Lipinski definition) is 10. The molecular formula is C27H26ClN10O5S2+. The molecule has 3 aromatic heterocycles. The highest BCUT2D eigenvalue weighted by molar-refractivity contribution is 8.00. The second-order valence-corrected chi connectivity index (χ2v) is 13.0. The average Bonchev–Trinajstić information content (AvgIpc) is 3.68. The number of nitrogen functional groups attached to an aromatic ring is 1. The third-order valence-corrected chi connectivity index (χ3v) is 9.93. The number of ketones is 1. The normalized spacial score (nSPS) is 18.2. The number of carbonyl (C=O) groups excluding carboxylic acids is 2. The van der Waals surface area contributed by atoms with Crippen LogP contribution in [0.5, 0.6) is 0 Å². The predicted molar refractivity (Wildman–Crippen MR) is 167 cm³/mol. The van der Waals surface area contributed by atoms with E-state index in [1.807, 2.05) is 62.7 Å². The topological polar surface area (TPSA) is 224 Å². The molecule has 0 saturated carbocycles. The van der Waals surface area contributed by atoms with Gasteiger partial charge in [-0.25, -0.2) is 24.0 Å². The number of aliphatic imine (C=N–C) groups is 1. The number of amides is 1. The summed E-state index contributed by atoms with van der Waals surface area (Å²) in [6, 6.07) is 9.44. The number of imidazole rings is 1. The number of thiazole rings is 1. The van der Waals surface area contributed by atoms with E-state index in [2.05, 4.69) is 15.1 Å². The number of rotatable bonds is 10. The van der Waals surface area contributed by atoms with Crippen LogP contribution in [0.15, 0.2) is 70.3 Å². The summed E-state index contributed by atoms with van der Waals surface area (Å²) >= 11 is 8.37. The second kappa shape index (κ2) is 11.9. The molecule has 0 bridgehead atoms. The Labute approximate surface area is 267 Å². The van der Waals surface area contributed by atoms with Crippen LogP contribution in [0.2, 0.25) is 4.34 Å². The largest absolute Gasteiger partial charge is 0.477 e. The van der Waals surface area contributed by atoms with Crippen molar-refractivity contribution in [2.45, 2.75) is 24.9 Å². The highest BCUT2D eigenvalue weighted by Crippen LogP contribution is 2.45. The lowest BCUT2D eigenvalue weighted by Gasteiger charge is -2.49. The van der Waals surface area contributed by atoms with Gasteiger partial charge >= 0.3 is 11.6 Å². The van der Waals surface area contributed by atoms with E-state index in [1.54, 1.807) is 0 Å². The van der Waals surface area contributed by atoms with Gasteiger partial charge < -0.3 is 27.5 Å². The molecule has 0 aliphatic carbocycles. The molecule has 4 aromatic rings. The van der Waals surface area contributed by atoms with E-state index in [-0.39, 0.29) is 39.8 Å². The summed E-state index contributed by atoms with van der Waals surface area (Å²) in [6.45, 7) is 0.807. The van der Waals surface area contributed by atoms with Crippen molar-refractivity contribution in [2.24, 2.45) is 27.5 Å². The van der Waals surface area contributed by atoms with Gasteiger partial charge in [-0.1, -0.05) is 40.2 Å². The Morgan fingerprint density at radius 3 is 2.58 bits per heavy atom. The highest BCUT2D eigenvalue weighted by Gasteiger charge is 2.54. The van der Waals surface area contributed by atoms with E-state index in [4.69, 9.17) is 28.8 Å². The van der Waals surface area contributed by atoms with Gasteiger partial charge in [-0.15, -0.1) is 16.3 Å². The molecule has 45 heavy (non-hydrogen) atoms. The number of benzene rings is 1. The molecule has 15 nitrogen and oxygen atoms in total. The number of aromatic nitrogens is 4. The number of fused-ring (bicyclic) bond motifs is 2. The van der Waals surface area contributed by atoms with Crippen LogP contribution in [0.4, 0.5) is 10.8 Å². The number of hydrogen-bond donors (Lipinski definition) is 5. The first-order chi connectivity index (χ1) is 21.5. The minimum atomic E-state index is -1.23. The van der Waals surface area contributed by atoms with Crippen LogP contribution >= 0.6 is 34.7 Å². The Bertz CT molecular complexity index is 1940. The molecule has 18 heteroatoms. The summed E-state index contributed by atoms with van der Waals surface area (Å²) < 4.78 is 5.89. The molecule has 8 N–H and O–H groups in total. The van der Waals surface area contributed by atoms with E-state index in [1.165, 1.54) is 16.7 Å². The summed E-state index contributed by atoms with van der Waals surface area (Å²) in [5.41, 5.74) is 19.1.